The van der Waals surface area contributed by atoms with Crippen molar-refractivity contribution < 1.29 is 69.1 Å². The predicted molar refractivity (Wildman–Crippen MR) is 196 cm³/mol. The Bertz CT molecular complexity index is 1300. The average Bonchev–Trinajstić information content (AvgIpc) is 3.08. The molecule has 306 valence electrons. The molecule has 0 aromatic carbocycles. The Morgan fingerprint density at radius 3 is 2.17 bits per heavy atom. The third-order valence-corrected chi connectivity index (χ3v) is 9.64. The van der Waals surface area contributed by atoms with Crippen LogP contribution in [0.3, 0.4) is 0 Å². The molecule has 0 bridgehead atoms. The van der Waals surface area contributed by atoms with E-state index in [1.807, 2.05) is 13.0 Å². The Morgan fingerprint density at radius 1 is 0.870 bits per heavy atom. The number of hydrogen-bond donors (Lipinski definition) is 8. The third kappa shape index (κ3) is 15.9. The number of carbonyl (C=O) groups is 4. The molecule has 2 rings (SSSR count). The van der Waals surface area contributed by atoms with Crippen LogP contribution in [0.15, 0.2) is 48.6 Å². The minimum Gasteiger partial charge on any atom is -0.481 e. The zero-order valence-corrected chi connectivity index (χ0v) is 31.5. The lowest BCUT2D eigenvalue weighted by Crippen LogP contribution is -2.61. The fraction of sp³-hybridized carbons (Fsp3) is 0.692. The predicted octanol–water partition coefficient (Wildman–Crippen LogP) is 1.55. The maximum atomic E-state index is 13.0. The van der Waals surface area contributed by atoms with Crippen LogP contribution in [0.2, 0.25) is 0 Å². The van der Waals surface area contributed by atoms with Crippen LogP contribution in [-0.2, 0) is 33.4 Å². The van der Waals surface area contributed by atoms with Crippen molar-refractivity contribution in [3.8, 4) is 0 Å². The molecule has 2 aliphatic heterocycles. The number of carboxylic acids is 1. The van der Waals surface area contributed by atoms with Gasteiger partial charge in [0.1, 0.15) is 29.7 Å². The second-order valence-electron chi connectivity index (χ2n) is 14.2. The average molecular weight is 768 g/mol. The van der Waals surface area contributed by atoms with E-state index in [-0.39, 0.29) is 37.9 Å². The number of carboxylic acid groups (broad SMARTS) is 1. The van der Waals surface area contributed by atoms with Gasteiger partial charge in [-0.25, -0.2) is 0 Å². The van der Waals surface area contributed by atoms with Gasteiger partial charge in [0.2, 0.25) is 0 Å². The van der Waals surface area contributed by atoms with Gasteiger partial charge >= 0.3 is 11.9 Å². The molecule has 9 unspecified atom stereocenters. The van der Waals surface area contributed by atoms with Gasteiger partial charge in [0, 0.05) is 38.5 Å². The molecule has 0 aromatic heterocycles. The number of allylic oxidation sites excluding steroid dienone is 6. The number of aliphatic hydroxyl groups is 6. The van der Waals surface area contributed by atoms with Crippen molar-refractivity contribution >= 4 is 23.5 Å². The molecule has 0 radical (unpaired) electrons. The van der Waals surface area contributed by atoms with Crippen molar-refractivity contribution in [2.75, 3.05) is 0 Å². The van der Waals surface area contributed by atoms with Gasteiger partial charge < -0.3 is 55.7 Å². The molecule has 0 amide bonds. The smallest absolute Gasteiger partial charge is 0.311 e. The molecular weight excluding hydrogens is 706 g/mol. The van der Waals surface area contributed by atoms with Gasteiger partial charge in [-0.1, -0.05) is 68.9 Å². The van der Waals surface area contributed by atoms with Gasteiger partial charge in [0.15, 0.2) is 6.29 Å². The van der Waals surface area contributed by atoms with Crippen LogP contribution in [0.4, 0.5) is 0 Å². The fourth-order valence-electron chi connectivity index (χ4n) is 6.47. The normalized spacial score (nSPS) is 39.0. The number of hydrogen-bond acceptors (Lipinski definition) is 14. The SMILES string of the molecule is CCCC1C\C=C/C=C/C=C/C=C/C(OC2O[C@H](C)[C@@H](O)[C@H](N)[C@@H]2O)CC(O)C(C(=O)O)C(O)CC(=O)CC(O)CCCC(=O)CC(O)C(CC)C(=O)O1. The summed E-state index contributed by atoms with van der Waals surface area (Å²) in [5, 5.41) is 73.7. The second-order valence-corrected chi connectivity index (χ2v) is 14.2. The molecule has 1 saturated heterocycles. The van der Waals surface area contributed by atoms with Crippen LogP contribution in [0.1, 0.15) is 91.4 Å². The first-order chi connectivity index (χ1) is 25.6. The molecule has 15 nitrogen and oxygen atoms in total. The van der Waals surface area contributed by atoms with Gasteiger partial charge in [0.25, 0.3) is 0 Å². The van der Waals surface area contributed by atoms with Gasteiger partial charge in [-0.3, -0.25) is 19.2 Å². The molecule has 0 aromatic rings. The van der Waals surface area contributed by atoms with Crippen LogP contribution in [0.25, 0.3) is 0 Å². The molecule has 15 heteroatoms. The van der Waals surface area contributed by atoms with Crippen LogP contribution in [0.5, 0.6) is 0 Å². The largest absolute Gasteiger partial charge is 0.481 e. The number of esters is 1. The van der Waals surface area contributed by atoms with Crippen LogP contribution < -0.4 is 5.73 Å². The van der Waals surface area contributed by atoms with Crippen LogP contribution in [0, 0.1) is 11.8 Å². The van der Waals surface area contributed by atoms with Gasteiger partial charge in [-0.2, -0.15) is 0 Å². The van der Waals surface area contributed by atoms with Crippen molar-refractivity contribution in [2.24, 2.45) is 17.6 Å². The summed E-state index contributed by atoms with van der Waals surface area (Å²) < 4.78 is 17.2. The molecule has 2 aliphatic rings. The van der Waals surface area contributed by atoms with E-state index in [2.05, 4.69) is 0 Å². The summed E-state index contributed by atoms with van der Waals surface area (Å²) in [6.07, 6.45) is 1.33. The molecular formula is C39H61NO14. The van der Waals surface area contributed by atoms with E-state index in [0.717, 1.165) is 6.42 Å². The minimum absolute atomic E-state index is 0.0261. The van der Waals surface area contributed by atoms with Crippen LogP contribution in [-0.4, -0.2) is 127 Å². The number of cyclic esters (lactones) is 1. The summed E-state index contributed by atoms with van der Waals surface area (Å²) >= 11 is 0. The number of carbonyl (C=O) groups excluding carboxylic acids is 3. The Balaban J connectivity index is 2.34. The number of ketones is 2. The lowest BCUT2D eigenvalue weighted by atomic mass is 9.88. The number of aliphatic hydroxyl groups excluding tert-OH is 6. The highest BCUT2D eigenvalue weighted by Gasteiger charge is 2.43. The van der Waals surface area contributed by atoms with Gasteiger partial charge in [0.05, 0.1) is 54.7 Å². The summed E-state index contributed by atoms with van der Waals surface area (Å²) in [6, 6.07) is -1.12. The lowest BCUT2D eigenvalue weighted by molar-refractivity contribution is -0.277. The van der Waals surface area contributed by atoms with E-state index in [4.69, 9.17) is 19.9 Å². The van der Waals surface area contributed by atoms with Crippen LogP contribution >= 0.6 is 0 Å². The first-order valence-corrected chi connectivity index (χ1v) is 18.9. The quantitative estimate of drug-likeness (QED) is 0.178. The minimum atomic E-state index is -1.84. The summed E-state index contributed by atoms with van der Waals surface area (Å²) in [5.74, 6) is -5.91. The Labute approximate surface area is 317 Å². The van der Waals surface area contributed by atoms with Crippen molar-refractivity contribution in [3.05, 3.63) is 48.6 Å². The highest BCUT2D eigenvalue weighted by atomic mass is 16.7. The molecule has 0 spiro atoms. The number of aliphatic carboxylic acids is 1. The van der Waals surface area contributed by atoms with E-state index in [1.165, 1.54) is 13.0 Å². The zero-order valence-electron chi connectivity index (χ0n) is 31.5. The Hall–Kier alpha value is -3.12. The summed E-state index contributed by atoms with van der Waals surface area (Å²) in [6.45, 7) is 5.21. The van der Waals surface area contributed by atoms with E-state index in [0.29, 0.717) is 12.8 Å². The van der Waals surface area contributed by atoms with Crippen molar-refractivity contribution in [2.45, 2.75) is 159 Å². The molecule has 0 aliphatic carbocycles. The maximum Gasteiger partial charge on any atom is 0.311 e. The monoisotopic (exact) mass is 767 g/mol. The molecule has 13 atom stereocenters. The summed E-state index contributed by atoms with van der Waals surface area (Å²) in [7, 11) is 0. The van der Waals surface area contributed by atoms with Gasteiger partial charge in [-0.15, -0.1) is 0 Å². The van der Waals surface area contributed by atoms with Crippen molar-refractivity contribution in [1.82, 2.24) is 0 Å². The van der Waals surface area contributed by atoms with E-state index < -0.39 is 116 Å². The van der Waals surface area contributed by atoms with Gasteiger partial charge in [-0.05, 0) is 32.6 Å². The molecule has 9 N–H and O–H groups in total. The first kappa shape index (κ1) is 47.0. The molecule has 54 heavy (non-hydrogen) atoms. The first-order valence-electron chi connectivity index (χ1n) is 18.9. The zero-order chi connectivity index (χ0) is 40.4. The second kappa shape index (κ2) is 24.4. The van der Waals surface area contributed by atoms with E-state index in [9.17, 15) is 54.9 Å². The lowest BCUT2D eigenvalue weighted by Gasteiger charge is -2.41. The highest BCUT2D eigenvalue weighted by Crippen LogP contribution is 2.26. The number of Topliss-reactive ketones (excluding diaryl/α,β-unsaturated/α-hetero) is 2. The number of ether oxygens (including phenoxy) is 3. The molecule has 1 fully saturated rings. The third-order valence-electron chi connectivity index (χ3n) is 9.64. The standard InChI is InChI=1S/C39H61NO14/c1-4-14-27-17-11-9-7-6-8-10-12-18-28(54-39-36(48)34(40)35(47)23(3)52-39)22-32(46)33(37(49)50)31(45)21-26(43)19-24(41)15-13-16-25(42)20-30(44)29(5-2)38(51)53-27/h6-12,18,23-24,27-36,39,41,44-48H,4-5,13-17,19-22,40H2,1-3H3,(H,49,50)/b7-6+,10-8+,11-9-,18-12+/t23-,24?,27?,28?,29?,30?,31?,32?,33?,34+,35-,36+,39?/m1/s1. The number of rotatable bonds is 6. The van der Waals surface area contributed by atoms with E-state index in [1.54, 1.807) is 43.4 Å². The topological polar surface area (TPSA) is 264 Å². The summed E-state index contributed by atoms with van der Waals surface area (Å²) in [5.41, 5.74) is 5.94. The molecule has 0 saturated carbocycles. The summed E-state index contributed by atoms with van der Waals surface area (Å²) in [4.78, 5) is 50.6. The Morgan fingerprint density at radius 2 is 1.52 bits per heavy atom. The number of nitrogens with two attached hydrogens (primary N) is 1. The highest BCUT2D eigenvalue weighted by molar-refractivity contribution is 5.81. The molecule has 2 heterocycles. The fourth-order valence-corrected chi connectivity index (χ4v) is 6.47. The Kier molecular flexibility index (Phi) is 21.3. The van der Waals surface area contributed by atoms with Crippen molar-refractivity contribution in [3.63, 3.8) is 0 Å². The maximum absolute atomic E-state index is 13.0. The van der Waals surface area contributed by atoms with Crippen molar-refractivity contribution in [1.29, 1.82) is 0 Å². The van der Waals surface area contributed by atoms with E-state index >= 15 is 0 Å².